The highest BCUT2D eigenvalue weighted by molar-refractivity contribution is 5.85. The number of halogens is 2. The second kappa shape index (κ2) is 10.9. The molecule has 0 aliphatic carbocycles. The largest absolute Gasteiger partial charge is 0.439 e. The number of hydrogen-bond donors (Lipinski definition) is 2. The van der Waals surface area contributed by atoms with Gasteiger partial charge in [-0.25, -0.2) is 4.98 Å². The zero-order chi connectivity index (χ0) is 15.9. The summed E-state index contributed by atoms with van der Waals surface area (Å²) in [5, 5.41) is 6.26. The van der Waals surface area contributed by atoms with Crippen LogP contribution in [0.5, 0.6) is 11.6 Å². The van der Waals surface area contributed by atoms with E-state index in [0.29, 0.717) is 24.9 Å². The van der Waals surface area contributed by atoms with Gasteiger partial charge in [-0.15, -0.1) is 24.8 Å². The first-order valence-electron chi connectivity index (χ1n) is 7.97. The number of rotatable bonds is 6. The molecule has 5 nitrogen and oxygen atoms in total. The van der Waals surface area contributed by atoms with E-state index in [9.17, 15) is 4.79 Å². The van der Waals surface area contributed by atoms with Crippen molar-refractivity contribution in [2.45, 2.75) is 31.8 Å². The summed E-state index contributed by atoms with van der Waals surface area (Å²) in [5.74, 6) is 1.38. The van der Waals surface area contributed by atoms with Gasteiger partial charge >= 0.3 is 0 Å². The predicted molar refractivity (Wildman–Crippen MR) is 103 cm³/mol. The first-order chi connectivity index (χ1) is 11.3. The van der Waals surface area contributed by atoms with Gasteiger partial charge in [0.2, 0.25) is 11.8 Å². The Morgan fingerprint density at radius 1 is 1.20 bits per heavy atom. The Morgan fingerprint density at radius 2 is 2.00 bits per heavy atom. The van der Waals surface area contributed by atoms with Crippen LogP contribution >= 0.6 is 24.8 Å². The quantitative estimate of drug-likeness (QED) is 0.801. The molecule has 2 N–H and O–H groups in total. The number of amides is 1. The molecule has 136 valence electrons. The van der Waals surface area contributed by atoms with Gasteiger partial charge in [0.15, 0.2) is 0 Å². The number of nitrogens with one attached hydrogen (secondary N) is 2. The molecule has 1 aromatic heterocycles. The molecule has 0 radical (unpaired) electrons. The zero-order valence-corrected chi connectivity index (χ0v) is 15.4. The van der Waals surface area contributed by atoms with E-state index in [0.717, 1.165) is 30.7 Å². The summed E-state index contributed by atoms with van der Waals surface area (Å²) in [4.78, 5) is 16.2. The van der Waals surface area contributed by atoms with E-state index in [4.69, 9.17) is 4.74 Å². The molecular formula is C18H23Cl2N3O2. The molecular weight excluding hydrogens is 361 g/mol. The normalized spacial score (nSPS) is 15.6. The number of nitrogens with zero attached hydrogens (tertiary/aromatic N) is 1. The molecule has 7 heteroatoms. The minimum absolute atomic E-state index is 0. The van der Waals surface area contributed by atoms with Crippen LogP contribution < -0.4 is 15.4 Å². The van der Waals surface area contributed by atoms with Crippen molar-refractivity contribution in [3.63, 3.8) is 0 Å². The van der Waals surface area contributed by atoms with Crippen LogP contribution in [0.25, 0.3) is 0 Å². The van der Waals surface area contributed by atoms with E-state index in [1.165, 1.54) is 0 Å². The van der Waals surface area contributed by atoms with Crippen LogP contribution in [0.1, 0.15) is 24.8 Å². The number of benzene rings is 1. The van der Waals surface area contributed by atoms with E-state index in [2.05, 4.69) is 15.6 Å². The maximum Gasteiger partial charge on any atom is 0.221 e. The molecule has 0 spiro atoms. The smallest absolute Gasteiger partial charge is 0.221 e. The molecule has 3 rings (SSSR count). The number of carbonyl (C=O) groups excluding carboxylic acids is 1. The molecule has 2 heterocycles. The third-order valence-corrected chi connectivity index (χ3v) is 3.85. The minimum Gasteiger partial charge on any atom is -0.439 e. The van der Waals surface area contributed by atoms with E-state index in [1.807, 2.05) is 42.5 Å². The van der Waals surface area contributed by atoms with Crippen molar-refractivity contribution in [2.24, 2.45) is 0 Å². The zero-order valence-electron chi connectivity index (χ0n) is 13.8. The van der Waals surface area contributed by atoms with Crippen LogP contribution in [0, 0.1) is 0 Å². The molecule has 0 saturated carbocycles. The predicted octanol–water partition coefficient (Wildman–Crippen LogP) is 3.48. The van der Waals surface area contributed by atoms with Crippen molar-refractivity contribution in [1.82, 2.24) is 15.6 Å². The molecule has 1 amide bonds. The minimum atomic E-state index is 0. The van der Waals surface area contributed by atoms with Gasteiger partial charge in [0.25, 0.3) is 0 Å². The topological polar surface area (TPSA) is 63.2 Å². The lowest BCUT2D eigenvalue weighted by molar-refractivity contribution is -0.121. The molecule has 1 saturated heterocycles. The van der Waals surface area contributed by atoms with E-state index >= 15 is 0 Å². The van der Waals surface area contributed by atoms with Crippen LogP contribution in [-0.4, -0.2) is 23.5 Å². The van der Waals surface area contributed by atoms with Crippen molar-refractivity contribution >= 4 is 30.7 Å². The highest BCUT2D eigenvalue weighted by Gasteiger charge is 2.17. The number of ether oxygens (including phenoxy) is 1. The van der Waals surface area contributed by atoms with Gasteiger partial charge in [-0.1, -0.05) is 24.3 Å². The Balaban J connectivity index is 0.00000156. The van der Waals surface area contributed by atoms with E-state index in [1.54, 1.807) is 6.20 Å². The van der Waals surface area contributed by atoms with Crippen LogP contribution in [0.15, 0.2) is 48.7 Å². The second-order valence-electron chi connectivity index (χ2n) is 5.69. The monoisotopic (exact) mass is 383 g/mol. The highest BCUT2D eigenvalue weighted by atomic mass is 35.5. The van der Waals surface area contributed by atoms with Gasteiger partial charge in [-0.3, -0.25) is 4.79 Å². The molecule has 1 aromatic carbocycles. The van der Waals surface area contributed by atoms with Crippen LogP contribution in [-0.2, 0) is 11.3 Å². The fourth-order valence-electron chi connectivity index (χ4n) is 2.61. The number of aromatic nitrogens is 1. The Hall–Kier alpha value is -1.82. The van der Waals surface area contributed by atoms with Crippen molar-refractivity contribution in [3.05, 3.63) is 54.2 Å². The summed E-state index contributed by atoms with van der Waals surface area (Å²) in [6.45, 7) is 1.51. The van der Waals surface area contributed by atoms with E-state index in [-0.39, 0.29) is 30.7 Å². The molecule has 1 aliphatic heterocycles. The Bertz CT molecular complexity index is 633. The van der Waals surface area contributed by atoms with Crippen LogP contribution in [0.2, 0.25) is 0 Å². The van der Waals surface area contributed by atoms with Crippen molar-refractivity contribution in [2.75, 3.05) is 6.54 Å². The maximum absolute atomic E-state index is 11.9. The lowest BCUT2D eigenvalue weighted by atomic mass is 10.1. The van der Waals surface area contributed by atoms with E-state index < -0.39 is 0 Å². The second-order valence-corrected chi connectivity index (χ2v) is 5.69. The molecule has 0 bridgehead atoms. The van der Waals surface area contributed by atoms with Gasteiger partial charge in [-0.2, -0.15) is 0 Å². The Morgan fingerprint density at radius 3 is 2.64 bits per heavy atom. The summed E-state index contributed by atoms with van der Waals surface area (Å²) in [5.41, 5.74) is 0.957. The number of carbonyl (C=O) groups is 1. The van der Waals surface area contributed by atoms with Gasteiger partial charge < -0.3 is 15.4 Å². The van der Waals surface area contributed by atoms with Gasteiger partial charge in [0.1, 0.15) is 5.75 Å². The summed E-state index contributed by atoms with van der Waals surface area (Å²) >= 11 is 0. The molecule has 1 fully saturated rings. The first kappa shape index (κ1) is 21.2. The Labute approximate surface area is 160 Å². The summed E-state index contributed by atoms with van der Waals surface area (Å²) in [7, 11) is 0. The molecule has 1 atom stereocenters. The molecule has 1 unspecified atom stereocenters. The van der Waals surface area contributed by atoms with Crippen molar-refractivity contribution in [3.8, 4) is 11.6 Å². The SMILES string of the molecule is Cl.Cl.O=C(CC1CCCN1)NCc1ccc(Oc2ccccc2)nc1. The third-order valence-electron chi connectivity index (χ3n) is 3.85. The number of hydrogen-bond acceptors (Lipinski definition) is 4. The average molecular weight is 384 g/mol. The lowest BCUT2D eigenvalue weighted by Crippen LogP contribution is -2.31. The van der Waals surface area contributed by atoms with Crippen LogP contribution in [0.4, 0.5) is 0 Å². The van der Waals surface area contributed by atoms with Crippen molar-refractivity contribution in [1.29, 1.82) is 0 Å². The average Bonchev–Trinajstić information content (AvgIpc) is 3.08. The van der Waals surface area contributed by atoms with Gasteiger partial charge in [0.05, 0.1) is 0 Å². The lowest BCUT2D eigenvalue weighted by Gasteiger charge is -2.10. The molecule has 25 heavy (non-hydrogen) atoms. The van der Waals surface area contributed by atoms with Crippen molar-refractivity contribution < 1.29 is 9.53 Å². The first-order valence-corrected chi connectivity index (χ1v) is 7.97. The van der Waals surface area contributed by atoms with Gasteiger partial charge in [-0.05, 0) is 37.1 Å². The standard InChI is InChI=1S/C18H21N3O2.2ClH/c22-17(11-15-5-4-10-19-15)20-12-14-8-9-18(21-13-14)23-16-6-2-1-3-7-16;;/h1-3,6-9,13,15,19H,4-5,10-12H2,(H,20,22);2*1H. The molecule has 1 aliphatic rings. The fraction of sp³-hybridized carbons (Fsp3) is 0.333. The molecule has 2 aromatic rings. The maximum atomic E-state index is 11.9. The van der Waals surface area contributed by atoms with Gasteiger partial charge in [0, 0.05) is 31.3 Å². The number of pyridine rings is 1. The van der Waals surface area contributed by atoms with Crippen LogP contribution in [0.3, 0.4) is 0 Å². The fourth-order valence-corrected chi connectivity index (χ4v) is 2.61. The summed E-state index contributed by atoms with van der Waals surface area (Å²) < 4.78 is 5.64. The Kier molecular flexibility index (Phi) is 9.27. The summed E-state index contributed by atoms with van der Waals surface area (Å²) in [6, 6.07) is 13.6. The summed E-state index contributed by atoms with van der Waals surface area (Å²) in [6.07, 6.45) is 4.51. The highest BCUT2D eigenvalue weighted by Crippen LogP contribution is 2.18. The third kappa shape index (κ3) is 6.90. The number of para-hydroxylation sites is 1.